The SMILES string of the molecule is CC[C@H](C)[C@H](O)C(F)(F)F. The van der Waals surface area contributed by atoms with Gasteiger partial charge in [0.2, 0.25) is 0 Å². The van der Waals surface area contributed by atoms with Crippen molar-refractivity contribution in [1.29, 1.82) is 0 Å². The third-order valence-electron chi connectivity index (χ3n) is 1.52. The van der Waals surface area contributed by atoms with E-state index in [4.69, 9.17) is 5.11 Å². The molecule has 0 saturated heterocycles. The minimum Gasteiger partial charge on any atom is -0.383 e. The van der Waals surface area contributed by atoms with Crippen molar-refractivity contribution in [2.75, 3.05) is 0 Å². The molecule has 0 spiro atoms. The number of alkyl halides is 3. The fourth-order valence-electron chi connectivity index (χ4n) is 0.546. The topological polar surface area (TPSA) is 20.2 Å². The Hall–Kier alpha value is -0.250. The van der Waals surface area contributed by atoms with Crippen molar-refractivity contribution < 1.29 is 18.3 Å². The highest BCUT2D eigenvalue weighted by Gasteiger charge is 2.40. The summed E-state index contributed by atoms with van der Waals surface area (Å²) in [6.07, 6.45) is -6.30. The zero-order valence-corrected chi connectivity index (χ0v) is 5.94. The van der Waals surface area contributed by atoms with Crippen LogP contribution in [0, 0.1) is 5.92 Å². The standard InChI is InChI=1S/C6H11F3O/c1-3-4(2)5(10)6(7,8)9/h4-5,10H,3H2,1-2H3/t4-,5-/m0/s1. The summed E-state index contributed by atoms with van der Waals surface area (Å²) in [6.45, 7) is 2.98. The molecular weight excluding hydrogens is 145 g/mol. The molecule has 0 rings (SSSR count). The molecule has 1 N–H and O–H groups in total. The molecule has 0 aromatic heterocycles. The molecule has 0 radical (unpaired) electrons. The number of aliphatic hydroxyl groups is 1. The first kappa shape index (κ1) is 9.75. The Morgan fingerprint density at radius 2 is 1.80 bits per heavy atom. The van der Waals surface area contributed by atoms with Crippen LogP contribution in [-0.4, -0.2) is 17.4 Å². The number of halogens is 3. The first-order valence-corrected chi connectivity index (χ1v) is 3.14. The molecule has 0 aromatic rings. The van der Waals surface area contributed by atoms with E-state index in [0.29, 0.717) is 6.42 Å². The Bertz CT molecular complexity index is 99.7. The predicted molar refractivity (Wildman–Crippen MR) is 31.5 cm³/mol. The van der Waals surface area contributed by atoms with Gasteiger partial charge >= 0.3 is 6.18 Å². The largest absolute Gasteiger partial charge is 0.414 e. The quantitative estimate of drug-likeness (QED) is 0.647. The van der Waals surface area contributed by atoms with E-state index in [9.17, 15) is 13.2 Å². The van der Waals surface area contributed by atoms with Crippen LogP contribution in [0.15, 0.2) is 0 Å². The Morgan fingerprint density at radius 1 is 1.40 bits per heavy atom. The van der Waals surface area contributed by atoms with E-state index in [0.717, 1.165) is 0 Å². The van der Waals surface area contributed by atoms with Gasteiger partial charge in [0, 0.05) is 0 Å². The number of rotatable bonds is 2. The summed E-state index contributed by atoms with van der Waals surface area (Å²) in [6, 6.07) is 0. The van der Waals surface area contributed by atoms with E-state index in [2.05, 4.69) is 0 Å². The van der Waals surface area contributed by atoms with Gasteiger partial charge in [-0.2, -0.15) is 13.2 Å². The van der Waals surface area contributed by atoms with Gasteiger partial charge in [0.1, 0.15) is 0 Å². The number of aliphatic hydroxyl groups excluding tert-OH is 1. The number of hydrogen-bond donors (Lipinski definition) is 1. The highest BCUT2D eigenvalue weighted by atomic mass is 19.4. The molecule has 0 fully saturated rings. The lowest BCUT2D eigenvalue weighted by Gasteiger charge is -2.19. The lowest BCUT2D eigenvalue weighted by Crippen LogP contribution is -2.34. The number of hydrogen-bond acceptors (Lipinski definition) is 1. The van der Waals surface area contributed by atoms with Crippen LogP contribution >= 0.6 is 0 Å². The van der Waals surface area contributed by atoms with Gasteiger partial charge in [-0.1, -0.05) is 20.3 Å². The lowest BCUT2D eigenvalue weighted by molar-refractivity contribution is -0.217. The molecule has 0 heterocycles. The minimum absolute atomic E-state index is 0.334. The second-order valence-electron chi connectivity index (χ2n) is 2.37. The van der Waals surface area contributed by atoms with Crippen molar-refractivity contribution in [3.63, 3.8) is 0 Å². The summed E-state index contributed by atoms with van der Waals surface area (Å²) in [5.41, 5.74) is 0. The van der Waals surface area contributed by atoms with Crippen LogP contribution in [0.1, 0.15) is 20.3 Å². The van der Waals surface area contributed by atoms with Crippen molar-refractivity contribution in [3.05, 3.63) is 0 Å². The van der Waals surface area contributed by atoms with E-state index in [1.807, 2.05) is 0 Å². The van der Waals surface area contributed by atoms with Gasteiger partial charge in [-0.3, -0.25) is 0 Å². The maximum absolute atomic E-state index is 11.6. The second-order valence-corrected chi connectivity index (χ2v) is 2.37. The Morgan fingerprint density at radius 3 is 1.90 bits per heavy atom. The predicted octanol–water partition coefficient (Wildman–Crippen LogP) is 1.96. The minimum atomic E-state index is -4.46. The van der Waals surface area contributed by atoms with Crippen LogP contribution in [0.2, 0.25) is 0 Å². The van der Waals surface area contributed by atoms with Crippen LogP contribution in [0.5, 0.6) is 0 Å². The lowest BCUT2D eigenvalue weighted by atomic mass is 10.0. The maximum atomic E-state index is 11.6. The van der Waals surface area contributed by atoms with E-state index in [-0.39, 0.29) is 0 Å². The first-order chi connectivity index (χ1) is 4.39. The molecule has 1 nitrogen and oxygen atoms in total. The van der Waals surface area contributed by atoms with Crippen molar-refractivity contribution in [3.8, 4) is 0 Å². The zero-order chi connectivity index (χ0) is 8.36. The molecule has 0 amide bonds. The van der Waals surface area contributed by atoms with E-state index in [1.165, 1.54) is 6.92 Å². The Labute approximate surface area is 57.9 Å². The fourth-order valence-corrected chi connectivity index (χ4v) is 0.546. The third kappa shape index (κ3) is 2.56. The van der Waals surface area contributed by atoms with E-state index < -0.39 is 18.2 Å². The normalized spacial score (nSPS) is 18.6. The van der Waals surface area contributed by atoms with Crippen LogP contribution in [-0.2, 0) is 0 Å². The third-order valence-corrected chi connectivity index (χ3v) is 1.52. The van der Waals surface area contributed by atoms with Crippen LogP contribution < -0.4 is 0 Å². The molecule has 0 aliphatic rings. The van der Waals surface area contributed by atoms with Crippen molar-refractivity contribution in [2.45, 2.75) is 32.5 Å². The van der Waals surface area contributed by atoms with E-state index >= 15 is 0 Å². The summed E-state index contributed by atoms with van der Waals surface area (Å²) in [5, 5.41) is 8.53. The highest BCUT2D eigenvalue weighted by Crippen LogP contribution is 2.26. The monoisotopic (exact) mass is 156 g/mol. The molecule has 0 aliphatic heterocycles. The van der Waals surface area contributed by atoms with Gasteiger partial charge < -0.3 is 5.11 Å². The molecule has 2 atom stereocenters. The highest BCUT2D eigenvalue weighted by molar-refractivity contribution is 4.70. The van der Waals surface area contributed by atoms with Gasteiger partial charge in [-0.05, 0) is 5.92 Å². The fraction of sp³-hybridized carbons (Fsp3) is 1.00. The molecule has 62 valence electrons. The molecule has 0 unspecified atom stereocenters. The van der Waals surface area contributed by atoms with Crippen LogP contribution in [0.25, 0.3) is 0 Å². The summed E-state index contributed by atoms with van der Waals surface area (Å²) < 4.78 is 34.9. The summed E-state index contributed by atoms with van der Waals surface area (Å²) in [4.78, 5) is 0. The summed E-state index contributed by atoms with van der Waals surface area (Å²) in [5.74, 6) is -0.708. The van der Waals surface area contributed by atoms with Gasteiger partial charge in [-0.25, -0.2) is 0 Å². The van der Waals surface area contributed by atoms with Gasteiger partial charge in [0.15, 0.2) is 6.10 Å². The average molecular weight is 156 g/mol. The second kappa shape index (κ2) is 3.23. The molecule has 10 heavy (non-hydrogen) atoms. The Balaban J connectivity index is 3.94. The van der Waals surface area contributed by atoms with Gasteiger partial charge in [-0.15, -0.1) is 0 Å². The average Bonchev–Trinajstić information content (AvgIpc) is 1.83. The Kier molecular flexibility index (Phi) is 3.15. The first-order valence-electron chi connectivity index (χ1n) is 3.14. The van der Waals surface area contributed by atoms with Crippen LogP contribution in [0.4, 0.5) is 13.2 Å². The maximum Gasteiger partial charge on any atom is 0.414 e. The molecular formula is C6H11F3O. The van der Waals surface area contributed by atoms with Crippen molar-refractivity contribution in [2.24, 2.45) is 5.92 Å². The van der Waals surface area contributed by atoms with E-state index in [1.54, 1.807) is 6.92 Å². The molecule has 0 bridgehead atoms. The molecule has 0 aromatic carbocycles. The molecule has 0 aliphatic carbocycles. The van der Waals surface area contributed by atoms with Gasteiger partial charge in [0.05, 0.1) is 0 Å². The van der Waals surface area contributed by atoms with Crippen molar-refractivity contribution >= 4 is 0 Å². The van der Waals surface area contributed by atoms with Gasteiger partial charge in [0.25, 0.3) is 0 Å². The molecule has 4 heteroatoms. The van der Waals surface area contributed by atoms with Crippen LogP contribution in [0.3, 0.4) is 0 Å². The summed E-state index contributed by atoms with van der Waals surface area (Å²) >= 11 is 0. The summed E-state index contributed by atoms with van der Waals surface area (Å²) in [7, 11) is 0. The molecule has 0 saturated carbocycles. The van der Waals surface area contributed by atoms with Crippen molar-refractivity contribution in [1.82, 2.24) is 0 Å². The zero-order valence-electron chi connectivity index (χ0n) is 5.94. The smallest absolute Gasteiger partial charge is 0.383 e.